The Morgan fingerprint density at radius 3 is 1.08 bits per heavy atom. The van der Waals surface area contributed by atoms with Gasteiger partial charge in [-0.15, -0.1) is 0 Å². The molecule has 6 nitrogen and oxygen atoms in total. The van der Waals surface area contributed by atoms with Crippen LogP contribution in [0.4, 0.5) is 37.7 Å². The monoisotopic (exact) mass is 508 g/mol. The third-order valence-electron chi connectivity index (χ3n) is 4.35. The minimum absolute atomic E-state index is 0.141. The third kappa shape index (κ3) is 7.13. The van der Waals surface area contributed by atoms with E-state index in [1.807, 2.05) is 0 Å². The summed E-state index contributed by atoms with van der Waals surface area (Å²) in [6.07, 6.45) is -5.22. The molecule has 0 aliphatic heterocycles. The molecule has 0 fully saturated rings. The summed E-state index contributed by atoms with van der Waals surface area (Å²) >= 11 is 0. The first kappa shape index (κ1) is 25.9. The number of amides is 2. The second-order valence-electron chi connectivity index (χ2n) is 6.81. The molecule has 0 aliphatic carbocycles. The number of ether oxygens (including phenoxy) is 2. The zero-order valence-electron chi connectivity index (χ0n) is 17.8. The van der Waals surface area contributed by atoms with Crippen molar-refractivity contribution in [2.24, 2.45) is 0 Å². The molecule has 3 aromatic rings. The standard InChI is InChI=1S/C24H14F6N2O4/c25-19(26)21(29)35-17-9-1-13(2-10-17)23(33)31-15-5-7-16(8-6-15)32-24(34)14-3-11-18(12-4-14)36-22(30)20(27)28/h1-12H,(H,31,33)(H,32,34). The van der Waals surface area contributed by atoms with E-state index in [-0.39, 0.29) is 22.6 Å². The van der Waals surface area contributed by atoms with Gasteiger partial charge in [-0.25, -0.2) is 0 Å². The van der Waals surface area contributed by atoms with Crippen molar-refractivity contribution in [3.63, 3.8) is 0 Å². The molecule has 3 rings (SSSR count). The summed E-state index contributed by atoms with van der Waals surface area (Å²) in [7, 11) is 0. The van der Waals surface area contributed by atoms with Crippen LogP contribution in [0.5, 0.6) is 11.5 Å². The number of benzene rings is 3. The van der Waals surface area contributed by atoms with E-state index in [1.165, 1.54) is 48.5 Å². The van der Waals surface area contributed by atoms with E-state index < -0.39 is 36.0 Å². The van der Waals surface area contributed by atoms with Crippen LogP contribution in [0, 0.1) is 0 Å². The maximum Gasteiger partial charge on any atom is 0.344 e. The van der Waals surface area contributed by atoms with Gasteiger partial charge in [0, 0.05) is 22.5 Å². The van der Waals surface area contributed by atoms with Gasteiger partial charge in [-0.05, 0) is 72.8 Å². The summed E-state index contributed by atoms with van der Waals surface area (Å²) in [5.41, 5.74) is 1.01. The lowest BCUT2D eigenvalue weighted by molar-refractivity contribution is 0.101. The highest BCUT2D eigenvalue weighted by molar-refractivity contribution is 6.05. The van der Waals surface area contributed by atoms with Gasteiger partial charge in [-0.2, -0.15) is 26.3 Å². The topological polar surface area (TPSA) is 76.7 Å². The Kier molecular flexibility index (Phi) is 8.34. The Hall–Kier alpha value is -4.74. The van der Waals surface area contributed by atoms with E-state index in [1.54, 1.807) is 0 Å². The van der Waals surface area contributed by atoms with E-state index in [0.717, 1.165) is 24.3 Å². The molecule has 0 bridgehead atoms. The summed E-state index contributed by atoms with van der Waals surface area (Å²) in [4.78, 5) is 24.7. The predicted octanol–water partition coefficient (Wildman–Crippen LogP) is 7.02. The average Bonchev–Trinajstić information content (AvgIpc) is 2.85. The van der Waals surface area contributed by atoms with Crippen molar-refractivity contribution in [1.29, 1.82) is 0 Å². The van der Waals surface area contributed by atoms with Crippen molar-refractivity contribution in [3.8, 4) is 11.5 Å². The lowest BCUT2D eigenvalue weighted by atomic mass is 10.2. The Labute approximate surface area is 199 Å². The van der Waals surface area contributed by atoms with Crippen LogP contribution in [0.2, 0.25) is 0 Å². The number of nitrogens with one attached hydrogen (secondary N) is 2. The fourth-order valence-electron chi connectivity index (χ4n) is 2.68. The number of carbonyl (C=O) groups is 2. The summed E-state index contributed by atoms with van der Waals surface area (Å²) in [5.74, 6) is -1.55. The highest BCUT2D eigenvalue weighted by atomic mass is 19.3. The van der Waals surface area contributed by atoms with Crippen LogP contribution in [0.15, 0.2) is 97.0 Å². The van der Waals surface area contributed by atoms with Gasteiger partial charge in [0.25, 0.3) is 11.8 Å². The lowest BCUT2D eigenvalue weighted by Crippen LogP contribution is -2.13. The second kappa shape index (κ2) is 11.6. The fourth-order valence-corrected chi connectivity index (χ4v) is 2.68. The summed E-state index contributed by atoms with van der Waals surface area (Å²) in [6, 6.07) is 11.4. The number of carbonyl (C=O) groups excluding carboxylic acids is 2. The van der Waals surface area contributed by atoms with E-state index in [4.69, 9.17) is 0 Å². The molecule has 12 heteroatoms. The number of hydrogen-bond acceptors (Lipinski definition) is 4. The molecular weight excluding hydrogens is 494 g/mol. The molecule has 0 unspecified atom stereocenters. The highest BCUT2D eigenvalue weighted by Crippen LogP contribution is 2.22. The molecule has 0 saturated carbocycles. The van der Waals surface area contributed by atoms with Gasteiger partial charge < -0.3 is 20.1 Å². The predicted molar refractivity (Wildman–Crippen MR) is 117 cm³/mol. The Morgan fingerprint density at radius 2 is 0.806 bits per heavy atom. The quantitative estimate of drug-likeness (QED) is 0.253. The second-order valence-corrected chi connectivity index (χ2v) is 6.81. The third-order valence-corrected chi connectivity index (χ3v) is 4.35. The van der Waals surface area contributed by atoms with Gasteiger partial charge >= 0.3 is 24.2 Å². The summed E-state index contributed by atoms with van der Waals surface area (Å²) < 4.78 is 82.5. The first-order chi connectivity index (χ1) is 17.1. The van der Waals surface area contributed by atoms with Crippen molar-refractivity contribution in [2.45, 2.75) is 0 Å². The average molecular weight is 508 g/mol. The molecule has 2 amide bonds. The van der Waals surface area contributed by atoms with Crippen LogP contribution >= 0.6 is 0 Å². The van der Waals surface area contributed by atoms with Crippen molar-refractivity contribution in [2.75, 3.05) is 10.6 Å². The molecule has 3 aromatic carbocycles. The Bertz CT molecular complexity index is 1200. The van der Waals surface area contributed by atoms with Crippen molar-refractivity contribution < 1.29 is 45.4 Å². The Balaban J connectivity index is 1.56. The van der Waals surface area contributed by atoms with Crippen LogP contribution < -0.4 is 20.1 Å². The van der Waals surface area contributed by atoms with Gasteiger partial charge in [0.1, 0.15) is 11.5 Å². The van der Waals surface area contributed by atoms with Gasteiger partial charge in [0.05, 0.1) is 0 Å². The molecule has 186 valence electrons. The lowest BCUT2D eigenvalue weighted by Gasteiger charge is -2.09. The molecule has 0 aromatic heterocycles. The van der Waals surface area contributed by atoms with Gasteiger partial charge in [0.2, 0.25) is 0 Å². The molecule has 0 atom stereocenters. The SMILES string of the molecule is O=C(Nc1ccc(NC(=O)c2ccc(OC(F)=C(F)F)cc2)cc1)c1ccc(OC(F)=C(F)F)cc1. The van der Waals surface area contributed by atoms with E-state index in [9.17, 15) is 35.9 Å². The molecule has 0 radical (unpaired) electrons. The molecule has 0 aliphatic rings. The maximum absolute atomic E-state index is 12.8. The van der Waals surface area contributed by atoms with Crippen molar-refractivity contribution in [1.82, 2.24) is 0 Å². The van der Waals surface area contributed by atoms with Crippen LogP contribution in [0.25, 0.3) is 0 Å². The normalized spacial score (nSPS) is 10.2. The largest absolute Gasteiger partial charge is 0.428 e. The first-order valence-corrected chi connectivity index (χ1v) is 9.82. The van der Waals surface area contributed by atoms with E-state index in [0.29, 0.717) is 11.4 Å². The molecule has 0 saturated heterocycles. The zero-order chi connectivity index (χ0) is 26.2. The fraction of sp³-hybridized carbons (Fsp3) is 0. The van der Waals surface area contributed by atoms with Gasteiger partial charge in [-0.3, -0.25) is 9.59 Å². The van der Waals surface area contributed by atoms with Crippen molar-refractivity contribution in [3.05, 3.63) is 108 Å². The van der Waals surface area contributed by atoms with Gasteiger partial charge in [0.15, 0.2) is 0 Å². The summed E-state index contributed by atoms with van der Waals surface area (Å²) in [5, 5.41) is 5.16. The Morgan fingerprint density at radius 1 is 0.500 bits per heavy atom. The minimum atomic E-state index is -2.61. The summed E-state index contributed by atoms with van der Waals surface area (Å²) in [6.45, 7) is 0. The number of anilines is 2. The van der Waals surface area contributed by atoms with Crippen LogP contribution in [-0.4, -0.2) is 11.8 Å². The number of halogens is 6. The smallest absolute Gasteiger partial charge is 0.344 e. The van der Waals surface area contributed by atoms with Gasteiger partial charge in [-0.1, -0.05) is 0 Å². The molecular formula is C24H14F6N2O4. The minimum Gasteiger partial charge on any atom is -0.428 e. The zero-order valence-corrected chi connectivity index (χ0v) is 17.8. The van der Waals surface area contributed by atoms with Crippen LogP contribution in [0.3, 0.4) is 0 Å². The molecule has 0 spiro atoms. The molecule has 2 N–H and O–H groups in total. The number of rotatable bonds is 8. The van der Waals surface area contributed by atoms with Crippen molar-refractivity contribution >= 4 is 23.2 Å². The van der Waals surface area contributed by atoms with E-state index >= 15 is 0 Å². The van der Waals surface area contributed by atoms with Crippen LogP contribution in [-0.2, 0) is 0 Å². The molecule has 36 heavy (non-hydrogen) atoms. The number of hydrogen-bond donors (Lipinski definition) is 2. The highest BCUT2D eigenvalue weighted by Gasteiger charge is 2.12. The van der Waals surface area contributed by atoms with E-state index in [2.05, 4.69) is 20.1 Å². The first-order valence-electron chi connectivity index (χ1n) is 9.82. The maximum atomic E-state index is 12.8. The molecule has 0 heterocycles. The van der Waals surface area contributed by atoms with Crippen LogP contribution in [0.1, 0.15) is 20.7 Å².